The molecule has 3 heterocycles. The Morgan fingerprint density at radius 2 is 0.912 bits per heavy atom. The average molecular weight is 922 g/mol. The van der Waals surface area contributed by atoms with Crippen LogP contribution in [0.2, 0.25) is 0 Å². The summed E-state index contributed by atoms with van der Waals surface area (Å²) in [5.41, 5.74) is 8.09. The van der Waals surface area contributed by atoms with Crippen LogP contribution in [0.3, 0.4) is 0 Å². The average Bonchev–Trinajstić information content (AvgIpc) is 3.25. The SMILES string of the molecule is CC1(c2ccc3c(c2)C(c2ccc4ccc5ccc[c-]c5c4n2)(c2ccc4ccc5ccc[c-]c5c4n2)c2cc(C4(C)CCCCC4)ccc2O3)CCCCC1.[Pt+2]. The molecule has 0 saturated heterocycles. The maximum atomic E-state index is 7.07. The summed E-state index contributed by atoms with van der Waals surface area (Å²) >= 11 is 0. The summed E-state index contributed by atoms with van der Waals surface area (Å²) in [5.74, 6) is 1.74. The van der Waals surface area contributed by atoms with Crippen LogP contribution in [0, 0.1) is 12.1 Å². The minimum atomic E-state index is -0.888. The molecule has 2 fully saturated rings. The number of benzene rings is 6. The van der Waals surface area contributed by atoms with E-state index in [0.717, 1.165) is 77.4 Å². The van der Waals surface area contributed by atoms with E-state index in [0.29, 0.717) is 0 Å². The molecular weight excluding hydrogens is 876 g/mol. The monoisotopic (exact) mass is 921 g/mol. The van der Waals surface area contributed by atoms with Crippen molar-refractivity contribution < 1.29 is 25.8 Å². The standard InChI is InChI=1S/C53H46N2O.Pt/c1-51(29-9-3-10-30-51)39-23-25-45-43(33-39)53(44-34-40(24-26-46(44)56-45)52(2)31-11-4-12-32-52,47-27-21-37-19-17-35-13-5-7-15-41(35)49(37)54-47)48-28-22-38-20-18-36-14-6-8-16-42(36)50(38)55-48;/h5-8,13-14,17-28,33-34H,3-4,9-12,29-32H2,1-2H3;/q-2;+2. The number of ether oxygens (including phenoxy) is 1. The number of hydrogen-bond donors (Lipinski definition) is 0. The van der Waals surface area contributed by atoms with Gasteiger partial charge < -0.3 is 4.74 Å². The summed E-state index contributed by atoms with van der Waals surface area (Å²) in [7, 11) is 0. The minimum absolute atomic E-state index is 0. The zero-order chi connectivity index (χ0) is 37.5. The fourth-order valence-corrected chi connectivity index (χ4v) is 10.7. The first-order valence-corrected chi connectivity index (χ1v) is 20.8. The largest absolute Gasteiger partial charge is 2.00 e. The van der Waals surface area contributed by atoms with Crippen molar-refractivity contribution in [2.45, 2.75) is 94.3 Å². The van der Waals surface area contributed by atoms with E-state index in [1.54, 1.807) is 0 Å². The fraction of sp³-hybridized carbons (Fsp3) is 0.283. The van der Waals surface area contributed by atoms with Crippen molar-refractivity contribution in [1.29, 1.82) is 0 Å². The van der Waals surface area contributed by atoms with Crippen molar-refractivity contribution in [2.75, 3.05) is 0 Å². The molecule has 2 saturated carbocycles. The maximum Gasteiger partial charge on any atom is 2.00 e. The van der Waals surface area contributed by atoms with Gasteiger partial charge in [0.2, 0.25) is 0 Å². The van der Waals surface area contributed by atoms with Crippen LogP contribution in [0.15, 0.2) is 121 Å². The molecule has 0 bridgehead atoms. The quantitative estimate of drug-likeness (QED) is 0.130. The van der Waals surface area contributed by atoms with E-state index in [4.69, 9.17) is 14.7 Å². The first-order valence-electron chi connectivity index (χ1n) is 20.8. The van der Waals surface area contributed by atoms with Crippen molar-refractivity contribution in [1.82, 2.24) is 9.97 Å². The summed E-state index contributed by atoms with van der Waals surface area (Å²) in [6, 6.07) is 51.5. The van der Waals surface area contributed by atoms with E-state index in [1.807, 2.05) is 12.1 Å². The van der Waals surface area contributed by atoms with Gasteiger partial charge in [0.15, 0.2) is 0 Å². The molecule has 0 spiro atoms. The molecule has 2 aromatic heterocycles. The molecule has 57 heavy (non-hydrogen) atoms. The zero-order valence-corrected chi connectivity index (χ0v) is 35.0. The van der Waals surface area contributed by atoms with Gasteiger partial charge >= 0.3 is 21.1 Å². The van der Waals surface area contributed by atoms with E-state index in [-0.39, 0.29) is 31.9 Å². The van der Waals surface area contributed by atoms with Gasteiger partial charge in [-0.25, -0.2) is 0 Å². The van der Waals surface area contributed by atoms with Gasteiger partial charge in [-0.2, -0.15) is 0 Å². The number of fused-ring (bicyclic) bond motifs is 8. The van der Waals surface area contributed by atoms with Crippen molar-refractivity contribution in [3.63, 3.8) is 0 Å². The van der Waals surface area contributed by atoms with Gasteiger partial charge in [0.1, 0.15) is 16.9 Å². The number of pyridine rings is 2. The summed E-state index contributed by atoms with van der Waals surface area (Å²) in [4.78, 5) is 11.6. The topological polar surface area (TPSA) is 35.0 Å². The first kappa shape index (κ1) is 36.5. The van der Waals surface area contributed by atoms with Gasteiger partial charge in [0.25, 0.3) is 0 Å². The molecule has 4 heteroatoms. The van der Waals surface area contributed by atoms with E-state index in [9.17, 15) is 0 Å². The Morgan fingerprint density at radius 3 is 1.37 bits per heavy atom. The number of aromatic nitrogens is 2. The van der Waals surface area contributed by atoms with Gasteiger partial charge in [0, 0.05) is 11.1 Å². The van der Waals surface area contributed by atoms with E-state index in [1.165, 1.54) is 75.3 Å². The maximum absolute atomic E-state index is 7.07. The summed E-state index contributed by atoms with van der Waals surface area (Å²) < 4.78 is 7.07. The second-order valence-electron chi connectivity index (χ2n) is 17.5. The summed E-state index contributed by atoms with van der Waals surface area (Å²) in [5, 5.41) is 6.55. The van der Waals surface area contributed by atoms with Gasteiger partial charge in [-0.05, 0) is 106 Å². The van der Waals surface area contributed by atoms with E-state index < -0.39 is 5.41 Å². The van der Waals surface area contributed by atoms with Crippen molar-refractivity contribution in [2.24, 2.45) is 0 Å². The van der Waals surface area contributed by atoms with Crippen LogP contribution in [0.5, 0.6) is 11.5 Å². The summed E-state index contributed by atoms with van der Waals surface area (Å²) in [6.45, 7) is 4.95. The molecule has 0 unspecified atom stereocenters. The summed E-state index contributed by atoms with van der Waals surface area (Å²) in [6.07, 6.45) is 12.4. The van der Waals surface area contributed by atoms with Crippen LogP contribution < -0.4 is 4.74 Å². The Balaban J connectivity index is 0.00000396. The molecule has 0 atom stereocenters. The number of hydrogen-bond acceptors (Lipinski definition) is 3. The van der Waals surface area contributed by atoms with Crippen molar-refractivity contribution in [3.05, 3.63) is 167 Å². The van der Waals surface area contributed by atoms with Crippen LogP contribution in [0.1, 0.15) is 112 Å². The molecule has 8 aromatic rings. The zero-order valence-electron chi connectivity index (χ0n) is 32.7. The Labute approximate surface area is 350 Å². The predicted molar refractivity (Wildman–Crippen MR) is 229 cm³/mol. The first-order chi connectivity index (χ1) is 27.4. The number of rotatable bonds is 4. The van der Waals surface area contributed by atoms with Gasteiger partial charge in [-0.3, -0.25) is 9.97 Å². The molecule has 1 aliphatic heterocycles. The third-order valence-electron chi connectivity index (χ3n) is 14.1. The Kier molecular flexibility index (Phi) is 8.91. The van der Waals surface area contributed by atoms with Crippen LogP contribution >= 0.6 is 0 Å². The Hall–Kier alpha value is -4.85. The molecule has 3 aliphatic rings. The molecule has 0 radical (unpaired) electrons. The second-order valence-corrected chi connectivity index (χ2v) is 17.5. The van der Waals surface area contributed by atoms with Crippen molar-refractivity contribution >= 4 is 43.4 Å². The fourth-order valence-electron chi connectivity index (χ4n) is 10.7. The smallest absolute Gasteiger partial charge is 0.457 e. The van der Waals surface area contributed by atoms with Gasteiger partial charge in [0.05, 0.1) is 11.4 Å². The third-order valence-corrected chi connectivity index (χ3v) is 14.1. The second kappa shape index (κ2) is 13.9. The number of nitrogens with zero attached hydrogens (tertiary/aromatic N) is 2. The molecule has 284 valence electrons. The van der Waals surface area contributed by atoms with Gasteiger partial charge in [-0.1, -0.05) is 101 Å². The van der Waals surface area contributed by atoms with Crippen LogP contribution in [-0.2, 0) is 37.3 Å². The molecule has 0 amide bonds. The molecule has 0 N–H and O–H groups in total. The minimum Gasteiger partial charge on any atom is -0.457 e. The van der Waals surface area contributed by atoms with Gasteiger partial charge in [-0.15, -0.1) is 70.1 Å². The molecule has 2 aliphatic carbocycles. The molecule has 6 aromatic carbocycles. The molecule has 11 rings (SSSR count). The predicted octanol–water partition coefficient (Wildman–Crippen LogP) is 13.6. The van der Waals surface area contributed by atoms with Crippen LogP contribution in [0.4, 0.5) is 0 Å². The Morgan fingerprint density at radius 1 is 0.491 bits per heavy atom. The normalized spacial score (nSPS) is 18.1. The van der Waals surface area contributed by atoms with Crippen LogP contribution in [0.25, 0.3) is 43.4 Å². The third kappa shape index (κ3) is 5.71. The van der Waals surface area contributed by atoms with E-state index in [2.05, 4.69) is 135 Å². The molecular formula is C53H46N2OPt. The molecule has 3 nitrogen and oxygen atoms in total. The van der Waals surface area contributed by atoms with E-state index >= 15 is 0 Å². The van der Waals surface area contributed by atoms with Crippen molar-refractivity contribution in [3.8, 4) is 11.5 Å². The van der Waals surface area contributed by atoms with Crippen LogP contribution in [-0.4, -0.2) is 9.97 Å². The Bertz CT molecular complexity index is 2650.